The fourth-order valence-electron chi connectivity index (χ4n) is 2.69. The quantitative estimate of drug-likeness (QED) is 0.0365. The highest BCUT2D eigenvalue weighted by molar-refractivity contribution is 9.10. The van der Waals surface area contributed by atoms with Gasteiger partial charge in [-0.2, -0.15) is 5.10 Å². The van der Waals surface area contributed by atoms with Crippen molar-refractivity contribution < 1.29 is 39.3 Å². The number of rotatable bonds is 9. The number of primary amides is 3. The van der Waals surface area contributed by atoms with Gasteiger partial charge in [-0.15, -0.1) is 0 Å². The van der Waals surface area contributed by atoms with Gasteiger partial charge in [0.15, 0.2) is 22.8 Å². The van der Waals surface area contributed by atoms with E-state index in [1.165, 1.54) is 54.8 Å². The van der Waals surface area contributed by atoms with Crippen molar-refractivity contribution in [2.24, 2.45) is 39.6 Å². The fraction of sp³-hybridized carbons (Fsp3) is 0.0303. The van der Waals surface area contributed by atoms with Crippen LogP contribution in [0.1, 0.15) is 44.8 Å². The van der Waals surface area contributed by atoms with Crippen LogP contribution in [0.15, 0.2) is 89.0 Å². The molecule has 0 aliphatic rings. The molecule has 0 atom stereocenters. The summed E-state index contributed by atoms with van der Waals surface area (Å²) in [6, 6.07) is 13.8. The van der Waals surface area contributed by atoms with Crippen LogP contribution in [0.25, 0.3) is 12.2 Å². The van der Waals surface area contributed by atoms with Gasteiger partial charge in [0.2, 0.25) is 17.7 Å². The van der Waals surface area contributed by atoms with E-state index in [1.807, 2.05) is 5.43 Å². The maximum Gasteiger partial charge on any atom is 0.241 e. The van der Waals surface area contributed by atoms with Crippen molar-refractivity contribution >= 4 is 99.3 Å². The average Bonchev–Trinajstić information content (AvgIpc) is 3.09. The minimum absolute atomic E-state index is 0. The SMILES string of the molecule is C.C=CC(N)=O.NC(=O)/C=C/c1ccc(O)c(/C=N/NC(N)=S)c1.NC(=O)/C=C/c1ccc(O)c(C=O)c1.NNC(N)=S.O=Cc1cc(Br)ccc1O. The van der Waals surface area contributed by atoms with Crippen LogP contribution in [0.3, 0.4) is 0 Å². The lowest BCUT2D eigenvalue weighted by molar-refractivity contribution is -0.114. The Morgan fingerprint density at radius 2 is 1.08 bits per heavy atom. The van der Waals surface area contributed by atoms with E-state index in [-0.39, 0.29) is 40.5 Å². The zero-order chi connectivity index (χ0) is 40.2. The molecule has 0 bridgehead atoms. The Morgan fingerprint density at radius 3 is 1.42 bits per heavy atom. The van der Waals surface area contributed by atoms with E-state index < -0.39 is 17.7 Å². The van der Waals surface area contributed by atoms with E-state index in [9.17, 15) is 29.1 Å². The molecule has 0 heterocycles. The molecule has 3 amide bonds. The molecule has 3 rings (SSSR count). The van der Waals surface area contributed by atoms with Gasteiger partial charge in [0.05, 0.1) is 17.3 Å². The molecule has 20 heteroatoms. The summed E-state index contributed by atoms with van der Waals surface area (Å²) in [5.74, 6) is 3.03. The van der Waals surface area contributed by atoms with E-state index in [0.29, 0.717) is 34.8 Å². The third kappa shape index (κ3) is 27.0. The summed E-state index contributed by atoms with van der Waals surface area (Å²) in [5, 5.41) is 31.6. The number of nitrogens with two attached hydrogens (primary N) is 6. The van der Waals surface area contributed by atoms with Gasteiger partial charge in [-0.3, -0.25) is 29.4 Å². The van der Waals surface area contributed by atoms with Crippen LogP contribution < -0.4 is 45.4 Å². The van der Waals surface area contributed by atoms with Crippen LogP contribution in [0.5, 0.6) is 17.2 Å². The van der Waals surface area contributed by atoms with E-state index in [1.54, 1.807) is 30.3 Å². The lowest BCUT2D eigenvalue weighted by Crippen LogP contribution is -2.34. The molecule has 284 valence electrons. The first-order valence-corrected chi connectivity index (χ1v) is 15.3. The molecule has 0 saturated carbocycles. The molecule has 0 spiro atoms. The Balaban J connectivity index is -0.000000636. The number of aldehydes is 2. The number of thiocarbonyl (C=S) groups is 2. The Morgan fingerprint density at radius 1 is 0.698 bits per heavy atom. The number of nitrogens with one attached hydrogen (secondary N) is 2. The number of hydrazine groups is 1. The van der Waals surface area contributed by atoms with Gasteiger partial charge in [-0.1, -0.05) is 42.1 Å². The monoisotopic (exact) mass is 833 g/mol. The van der Waals surface area contributed by atoms with Crippen molar-refractivity contribution in [2.45, 2.75) is 7.43 Å². The van der Waals surface area contributed by atoms with Crippen molar-refractivity contribution in [2.75, 3.05) is 0 Å². The van der Waals surface area contributed by atoms with Gasteiger partial charge in [0, 0.05) is 22.2 Å². The summed E-state index contributed by atoms with van der Waals surface area (Å²) < 4.78 is 0.785. The summed E-state index contributed by atoms with van der Waals surface area (Å²) in [5.41, 5.74) is 31.0. The van der Waals surface area contributed by atoms with Crippen LogP contribution in [0, 0.1) is 0 Å². The van der Waals surface area contributed by atoms with E-state index in [4.69, 9.17) is 33.1 Å². The van der Waals surface area contributed by atoms with Crippen LogP contribution in [0.4, 0.5) is 0 Å². The number of halogens is 1. The second-order valence-electron chi connectivity index (χ2n) is 8.90. The van der Waals surface area contributed by atoms with Crippen LogP contribution in [-0.2, 0) is 14.4 Å². The Kier molecular flexibility index (Phi) is 28.1. The van der Waals surface area contributed by atoms with Crippen molar-refractivity contribution in [3.05, 3.63) is 112 Å². The van der Waals surface area contributed by atoms with Gasteiger partial charge < -0.3 is 49.4 Å². The van der Waals surface area contributed by atoms with Crippen LogP contribution in [0.2, 0.25) is 0 Å². The number of phenols is 3. The molecule has 17 nitrogen and oxygen atoms in total. The van der Waals surface area contributed by atoms with Crippen molar-refractivity contribution in [1.82, 2.24) is 10.9 Å². The molecule has 0 aliphatic heterocycles. The molecule has 3 aromatic carbocycles. The maximum absolute atomic E-state index is 10.6. The minimum atomic E-state index is -0.564. The second-order valence-corrected chi connectivity index (χ2v) is 10.7. The fourth-order valence-corrected chi connectivity index (χ4v) is 3.12. The summed E-state index contributed by atoms with van der Waals surface area (Å²) in [7, 11) is 0. The van der Waals surface area contributed by atoms with E-state index in [0.717, 1.165) is 10.5 Å². The normalized spacial score (nSPS) is 9.40. The van der Waals surface area contributed by atoms with Crippen LogP contribution >= 0.6 is 40.4 Å². The number of carbonyl (C=O) groups is 5. The topological polar surface area (TPSA) is 339 Å². The summed E-state index contributed by atoms with van der Waals surface area (Å²) in [6.07, 6.45) is 8.96. The molecule has 0 unspecified atom stereocenters. The highest BCUT2D eigenvalue weighted by atomic mass is 79.9. The van der Waals surface area contributed by atoms with E-state index >= 15 is 0 Å². The number of nitrogens with zero attached hydrogens (tertiary/aromatic N) is 1. The highest BCUT2D eigenvalue weighted by Gasteiger charge is 2.01. The van der Waals surface area contributed by atoms with Crippen molar-refractivity contribution in [3.63, 3.8) is 0 Å². The molecule has 0 saturated heterocycles. The zero-order valence-corrected chi connectivity index (χ0v) is 30.2. The largest absolute Gasteiger partial charge is 0.507 e. The molecule has 3 aromatic rings. The predicted octanol–water partition coefficient (Wildman–Crippen LogP) is 1.72. The van der Waals surface area contributed by atoms with E-state index in [2.05, 4.69) is 69.0 Å². The molecule has 17 N–H and O–H groups in total. The smallest absolute Gasteiger partial charge is 0.241 e. The molecular formula is C33H40BrN9O8S2. The average molecular weight is 835 g/mol. The molecule has 0 aliphatic carbocycles. The van der Waals surface area contributed by atoms with Gasteiger partial charge >= 0.3 is 0 Å². The van der Waals surface area contributed by atoms with Gasteiger partial charge in [0.1, 0.15) is 17.2 Å². The van der Waals surface area contributed by atoms with Gasteiger partial charge in [0.25, 0.3) is 0 Å². The lowest BCUT2D eigenvalue weighted by Gasteiger charge is -2.01. The number of hydrogen-bond acceptors (Lipinski definition) is 12. The number of hydrogen-bond donors (Lipinski definition) is 11. The number of aromatic hydroxyl groups is 3. The number of hydrazone groups is 1. The summed E-state index contributed by atoms with van der Waals surface area (Å²) in [6.45, 7) is 3.09. The molecule has 53 heavy (non-hydrogen) atoms. The molecule has 0 fully saturated rings. The first-order chi connectivity index (χ1) is 24.4. The Bertz CT molecular complexity index is 1820. The number of carbonyl (C=O) groups excluding carboxylic acids is 5. The lowest BCUT2D eigenvalue weighted by atomic mass is 10.1. The highest BCUT2D eigenvalue weighted by Crippen LogP contribution is 2.20. The maximum atomic E-state index is 10.6. The summed E-state index contributed by atoms with van der Waals surface area (Å²) in [4.78, 5) is 51.1. The third-order valence-corrected chi connectivity index (χ3v) is 5.65. The first-order valence-electron chi connectivity index (χ1n) is 13.7. The number of phenolic OH excluding ortho intramolecular Hbond substituents is 3. The van der Waals surface area contributed by atoms with Crippen LogP contribution in [-0.4, -0.2) is 62.1 Å². The molecule has 0 radical (unpaired) electrons. The minimum Gasteiger partial charge on any atom is -0.507 e. The Hall–Kier alpha value is -6.48. The van der Waals surface area contributed by atoms with Crippen molar-refractivity contribution in [1.29, 1.82) is 0 Å². The molecular weight excluding hydrogens is 794 g/mol. The summed E-state index contributed by atoms with van der Waals surface area (Å²) >= 11 is 12.0. The van der Waals surface area contributed by atoms with Gasteiger partial charge in [-0.25, -0.2) is 5.84 Å². The van der Waals surface area contributed by atoms with Gasteiger partial charge in [-0.05, 0) is 96.3 Å². The zero-order valence-electron chi connectivity index (χ0n) is 27.0. The third-order valence-electron chi connectivity index (χ3n) is 4.95. The van der Waals surface area contributed by atoms with Crippen molar-refractivity contribution in [3.8, 4) is 17.2 Å². The number of benzene rings is 3. The second kappa shape index (κ2) is 29.3. The Labute approximate surface area is 324 Å². The number of amides is 3. The first kappa shape index (κ1) is 50.9. The predicted molar refractivity (Wildman–Crippen MR) is 217 cm³/mol. The molecule has 0 aromatic heterocycles. The standard InChI is InChI=1S/C11H12N4O2S.C10H9NO3.C7H5BrO2.C3H5NO.CH5N3S.CH4/c12-10(17)4-2-7-1-3-9(16)8(5-7)6-14-15-11(13)18;11-10(14)4-2-7-1-3-9(13)8(5-7)6-12;8-6-1-2-7(10)5(3-6)4-9;1-2-3(4)5;2-1(5)4-3;/h1-6,16H,(H2,12,17)(H3,13,15,18);1-6,13H,(H2,11,14);1-4,10H;2H,1H2,(H2,4,5);3H2,(H3,2,4,5);1H4/b4-2+,14-6+;4-2+;;;;.